The van der Waals surface area contributed by atoms with E-state index in [9.17, 15) is 0 Å². The molecular formula is C19H23N5O2. The third-order valence-corrected chi connectivity index (χ3v) is 4.66. The highest BCUT2D eigenvalue weighted by molar-refractivity contribution is 5.40. The summed E-state index contributed by atoms with van der Waals surface area (Å²) in [5.74, 6) is 1.65. The maximum Gasteiger partial charge on any atom is 0.161 e. The molecule has 4 rings (SSSR count). The molecule has 0 unspecified atom stereocenters. The molecule has 136 valence electrons. The normalized spacial score (nSPS) is 16.2. The molecule has 26 heavy (non-hydrogen) atoms. The maximum atomic E-state index is 6.07. The summed E-state index contributed by atoms with van der Waals surface area (Å²) in [7, 11) is 2.11. The summed E-state index contributed by atoms with van der Waals surface area (Å²) in [4.78, 5) is 2.26. The molecule has 3 heterocycles. The zero-order valence-electron chi connectivity index (χ0n) is 15.3. The van der Waals surface area contributed by atoms with Crippen LogP contribution in [-0.2, 0) is 6.54 Å². The zero-order valence-corrected chi connectivity index (χ0v) is 15.3. The van der Waals surface area contributed by atoms with Gasteiger partial charge in [0.1, 0.15) is 25.4 Å². The van der Waals surface area contributed by atoms with Crippen LogP contribution in [0.1, 0.15) is 17.0 Å². The predicted molar refractivity (Wildman–Crippen MR) is 97.4 cm³/mol. The Morgan fingerprint density at radius 3 is 2.65 bits per heavy atom. The van der Waals surface area contributed by atoms with E-state index in [2.05, 4.69) is 46.7 Å². The fraction of sp³-hybridized carbons (Fsp3) is 0.368. The van der Waals surface area contributed by atoms with Gasteiger partial charge in [-0.3, -0.25) is 9.58 Å². The molecule has 1 atom stereocenters. The van der Waals surface area contributed by atoms with E-state index in [1.807, 2.05) is 28.9 Å². The Labute approximate surface area is 152 Å². The Bertz CT molecular complexity index is 887. The molecule has 7 heteroatoms. The first-order valence-electron chi connectivity index (χ1n) is 8.72. The van der Waals surface area contributed by atoms with Gasteiger partial charge in [0.15, 0.2) is 11.5 Å². The molecule has 1 aliphatic heterocycles. The Hall–Kier alpha value is -2.80. The zero-order chi connectivity index (χ0) is 18.1. The highest BCUT2D eigenvalue weighted by atomic mass is 16.6. The van der Waals surface area contributed by atoms with Crippen LogP contribution in [0.5, 0.6) is 11.5 Å². The van der Waals surface area contributed by atoms with Crippen LogP contribution in [0.3, 0.4) is 0 Å². The lowest BCUT2D eigenvalue weighted by atomic mass is 10.2. The molecule has 1 aromatic carbocycles. The minimum atomic E-state index is 0.0243. The quantitative estimate of drug-likeness (QED) is 0.704. The molecular weight excluding hydrogens is 330 g/mol. The molecule has 0 bridgehead atoms. The third kappa shape index (κ3) is 3.17. The first kappa shape index (κ1) is 16.7. The van der Waals surface area contributed by atoms with Crippen molar-refractivity contribution >= 4 is 0 Å². The first-order chi connectivity index (χ1) is 12.6. The fourth-order valence-corrected chi connectivity index (χ4v) is 3.49. The summed E-state index contributed by atoms with van der Waals surface area (Å²) in [5.41, 5.74) is 3.60. The second kappa shape index (κ2) is 6.84. The number of benzene rings is 1. The number of hydrogen-bond donors (Lipinski definition) is 0. The topological polar surface area (TPSA) is 57.3 Å². The molecule has 0 radical (unpaired) electrons. The molecule has 0 fully saturated rings. The molecule has 0 amide bonds. The van der Waals surface area contributed by atoms with E-state index in [4.69, 9.17) is 9.47 Å². The summed E-state index contributed by atoms with van der Waals surface area (Å²) < 4.78 is 15.9. The van der Waals surface area contributed by atoms with E-state index in [1.54, 1.807) is 12.7 Å². The van der Waals surface area contributed by atoms with Gasteiger partial charge in [-0.15, -0.1) is 10.2 Å². The van der Waals surface area contributed by atoms with Gasteiger partial charge in [0, 0.05) is 24.5 Å². The van der Waals surface area contributed by atoms with Gasteiger partial charge in [0.2, 0.25) is 0 Å². The van der Waals surface area contributed by atoms with Gasteiger partial charge in [-0.2, -0.15) is 0 Å². The molecule has 2 aromatic heterocycles. The van der Waals surface area contributed by atoms with Crippen LogP contribution in [0.15, 0.2) is 43.0 Å². The number of hydrogen-bond acceptors (Lipinski definition) is 5. The lowest BCUT2D eigenvalue weighted by Crippen LogP contribution is -2.39. The van der Waals surface area contributed by atoms with E-state index >= 15 is 0 Å². The van der Waals surface area contributed by atoms with Crippen LogP contribution < -0.4 is 9.47 Å². The molecule has 3 aromatic rings. The van der Waals surface area contributed by atoms with Gasteiger partial charge in [-0.25, -0.2) is 4.68 Å². The van der Waals surface area contributed by atoms with Crippen LogP contribution in [0.2, 0.25) is 0 Å². The van der Waals surface area contributed by atoms with Crippen LogP contribution >= 0.6 is 0 Å². The van der Waals surface area contributed by atoms with Gasteiger partial charge in [0.25, 0.3) is 0 Å². The van der Waals surface area contributed by atoms with E-state index in [1.165, 1.54) is 11.3 Å². The lowest BCUT2D eigenvalue weighted by molar-refractivity contribution is 0.0637. The predicted octanol–water partition coefficient (Wildman–Crippen LogP) is 2.28. The van der Waals surface area contributed by atoms with Crippen molar-refractivity contribution in [3.8, 4) is 11.5 Å². The van der Waals surface area contributed by atoms with Gasteiger partial charge < -0.3 is 9.47 Å². The average Bonchev–Trinajstić information content (AvgIpc) is 3.23. The highest BCUT2D eigenvalue weighted by Gasteiger charge is 2.22. The van der Waals surface area contributed by atoms with Gasteiger partial charge >= 0.3 is 0 Å². The second-order valence-electron chi connectivity index (χ2n) is 6.74. The monoisotopic (exact) mass is 353 g/mol. The van der Waals surface area contributed by atoms with Crippen LogP contribution in [-0.4, -0.2) is 50.8 Å². The van der Waals surface area contributed by atoms with Crippen molar-refractivity contribution < 1.29 is 9.47 Å². The summed E-state index contributed by atoms with van der Waals surface area (Å²) in [6.45, 7) is 6.41. The number of aryl methyl sites for hydroxylation is 1. The van der Waals surface area contributed by atoms with Crippen molar-refractivity contribution in [2.24, 2.45) is 0 Å². The molecule has 0 N–H and O–H groups in total. The van der Waals surface area contributed by atoms with E-state index in [-0.39, 0.29) is 6.10 Å². The Morgan fingerprint density at radius 1 is 1.15 bits per heavy atom. The molecule has 0 saturated carbocycles. The molecule has 7 nitrogen and oxygen atoms in total. The summed E-state index contributed by atoms with van der Waals surface area (Å²) >= 11 is 0. The standard InChI is InChI=1S/C19H23N5O2/c1-14-8-16(15(2)24(14)23-12-20-21-13-23)9-22(3)10-17-11-25-18-6-4-5-7-19(18)26-17/h4-8,12-13,17H,9-11H2,1-3H3/t17-/m0/s1. The van der Waals surface area contributed by atoms with Crippen molar-refractivity contribution in [3.63, 3.8) is 0 Å². The van der Waals surface area contributed by atoms with E-state index in [0.29, 0.717) is 6.61 Å². The van der Waals surface area contributed by atoms with Crippen LogP contribution in [0.25, 0.3) is 0 Å². The maximum absolute atomic E-state index is 6.07. The smallest absolute Gasteiger partial charge is 0.161 e. The Morgan fingerprint density at radius 2 is 1.88 bits per heavy atom. The van der Waals surface area contributed by atoms with E-state index < -0.39 is 0 Å². The van der Waals surface area contributed by atoms with Crippen molar-refractivity contribution in [2.45, 2.75) is 26.5 Å². The lowest BCUT2D eigenvalue weighted by Gasteiger charge is -2.29. The SMILES string of the molecule is Cc1cc(CN(C)C[C@H]2COc3ccccc3O2)c(C)n1-n1cnnc1. The highest BCUT2D eigenvalue weighted by Crippen LogP contribution is 2.31. The van der Waals surface area contributed by atoms with Crippen molar-refractivity contribution in [2.75, 3.05) is 20.2 Å². The van der Waals surface area contributed by atoms with Crippen LogP contribution in [0.4, 0.5) is 0 Å². The number of aromatic nitrogens is 4. The largest absolute Gasteiger partial charge is 0.486 e. The van der Waals surface area contributed by atoms with E-state index in [0.717, 1.165) is 30.3 Å². The van der Waals surface area contributed by atoms with Crippen molar-refractivity contribution in [3.05, 3.63) is 59.9 Å². The number of para-hydroxylation sites is 2. The number of rotatable bonds is 5. The second-order valence-corrected chi connectivity index (χ2v) is 6.74. The third-order valence-electron chi connectivity index (χ3n) is 4.66. The number of ether oxygens (including phenoxy) is 2. The average molecular weight is 353 g/mol. The molecule has 0 aliphatic carbocycles. The fourth-order valence-electron chi connectivity index (χ4n) is 3.49. The Kier molecular flexibility index (Phi) is 4.38. The summed E-state index contributed by atoms with van der Waals surface area (Å²) in [6.07, 6.45) is 3.44. The number of likely N-dealkylation sites (N-methyl/N-ethyl adjacent to an activating group) is 1. The summed E-state index contributed by atoms with van der Waals surface area (Å²) in [6, 6.07) is 10.0. The van der Waals surface area contributed by atoms with Gasteiger partial charge in [-0.1, -0.05) is 12.1 Å². The summed E-state index contributed by atoms with van der Waals surface area (Å²) in [5, 5.41) is 7.80. The number of nitrogens with zero attached hydrogens (tertiary/aromatic N) is 5. The number of fused-ring (bicyclic) bond motifs is 1. The minimum absolute atomic E-state index is 0.0243. The van der Waals surface area contributed by atoms with Crippen molar-refractivity contribution in [1.82, 2.24) is 24.4 Å². The first-order valence-corrected chi connectivity index (χ1v) is 8.72. The van der Waals surface area contributed by atoms with Gasteiger partial charge in [-0.05, 0) is 44.7 Å². The van der Waals surface area contributed by atoms with Crippen LogP contribution in [0, 0.1) is 13.8 Å². The molecule has 0 spiro atoms. The Balaban J connectivity index is 1.43. The van der Waals surface area contributed by atoms with Crippen molar-refractivity contribution in [1.29, 1.82) is 0 Å². The molecule has 1 aliphatic rings. The molecule has 0 saturated heterocycles. The van der Waals surface area contributed by atoms with Gasteiger partial charge in [0.05, 0.1) is 0 Å². The minimum Gasteiger partial charge on any atom is -0.486 e.